The summed E-state index contributed by atoms with van der Waals surface area (Å²) >= 11 is 0. The lowest BCUT2D eigenvalue weighted by molar-refractivity contribution is -0.137. The molecule has 0 saturated heterocycles. The first kappa shape index (κ1) is 15.9. The SMILES string of the molecule is COc1ccc(Cc2nnnn2CCCCCC(=O)O)cc1. The van der Waals surface area contributed by atoms with Crippen molar-refractivity contribution in [1.29, 1.82) is 0 Å². The molecule has 0 radical (unpaired) electrons. The molecule has 0 atom stereocenters. The summed E-state index contributed by atoms with van der Waals surface area (Å²) in [6.07, 6.45) is 3.29. The third-order valence-electron chi connectivity index (χ3n) is 3.39. The van der Waals surface area contributed by atoms with Crippen LogP contribution in [0, 0.1) is 0 Å². The van der Waals surface area contributed by atoms with Crippen molar-refractivity contribution >= 4 is 5.97 Å². The Hall–Kier alpha value is -2.44. The number of carboxylic acids is 1. The molecule has 0 fully saturated rings. The van der Waals surface area contributed by atoms with Crippen LogP contribution < -0.4 is 4.74 Å². The highest BCUT2D eigenvalue weighted by Gasteiger charge is 2.07. The van der Waals surface area contributed by atoms with Gasteiger partial charge in [-0.3, -0.25) is 4.79 Å². The number of methoxy groups -OCH3 is 1. The standard InChI is InChI=1S/C15H20N4O3/c1-22-13-8-6-12(7-9-13)11-14-16-17-18-19(14)10-4-2-3-5-15(20)21/h6-9H,2-5,10-11H2,1H3,(H,20,21). The van der Waals surface area contributed by atoms with Crippen LogP contribution in [0.25, 0.3) is 0 Å². The Morgan fingerprint density at radius 2 is 2.00 bits per heavy atom. The van der Waals surface area contributed by atoms with Crippen LogP contribution in [0.1, 0.15) is 37.1 Å². The predicted octanol–water partition coefficient (Wildman–Crippen LogP) is 1.92. The summed E-state index contributed by atoms with van der Waals surface area (Å²) < 4.78 is 6.92. The summed E-state index contributed by atoms with van der Waals surface area (Å²) in [4.78, 5) is 10.4. The summed E-state index contributed by atoms with van der Waals surface area (Å²) in [6, 6.07) is 7.81. The molecule has 1 aromatic heterocycles. The molecule has 0 bridgehead atoms. The van der Waals surface area contributed by atoms with Gasteiger partial charge in [-0.2, -0.15) is 0 Å². The number of carboxylic acid groups (broad SMARTS) is 1. The minimum atomic E-state index is -0.748. The van der Waals surface area contributed by atoms with Gasteiger partial charge in [0.25, 0.3) is 0 Å². The van der Waals surface area contributed by atoms with Gasteiger partial charge in [0.05, 0.1) is 7.11 Å². The second-order valence-electron chi connectivity index (χ2n) is 5.05. The first-order valence-corrected chi connectivity index (χ1v) is 7.29. The van der Waals surface area contributed by atoms with Gasteiger partial charge in [0, 0.05) is 19.4 Å². The monoisotopic (exact) mass is 304 g/mol. The number of aryl methyl sites for hydroxylation is 1. The third kappa shape index (κ3) is 4.83. The van der Waals surface area contributed by atoms with Crippen LogP contribution in [-0.4, -0.2) is 38.4 Å². The van der Waals surface area contributed by atoms with E-state index >= 15 is 0 Å². The Kier molecular flexibility index (Phi) is 5.88. The number of tetrazole rings is 1. The zero-order valence-electron chi connectivity index (χ0n) is 12.6. The molecule has 118 valence electrons. The molecular formula is C15H20N4O3. The average Bonchev–Trinajstić information content (AvgIpc) is 2.94. The van der Waals surface area contributed by atoms with E-state index in [1.54, 1.807) is 11.8 Å². The van der Waals surface area contributed by atoms with Gasteiger partial charge in [-0.05, 0) is 41.0 Å². The van der Waals surface area contributed by atoms with Crippen LogP contribution in [0.2, 0.25) is 0 Å². The smallest absolute Gasteiger partial charge is 0.303 e. The maximum atomic E-state index is 10.4. The Labute approximate surface area is 128 Å². The molecule has 0 aliphatic rings. The molecule has 1 aromatic carbocycles. The molecule has 0 amide bonds. The minimum Gasteiger partial charge on any atom is -0.497 e. The summed E-state index contributed by atoms with van der Waals surface area (Å²) in [5.74, 6) is 0.882. The van der Waals surface area contributed by atoms with Crippen LogP contribution in [0.15, 0.2) is 24.3 Å². The number of benzene rings is 1. The maximum Gasteiger partial charge on any atom is 0.303 e. The Bertz CT molecular complexity index is 595. The number of rotatable bonds is 9. The molecule has 2 aromatic rings. The normalized spacial score (nSPS) is 10.6. The van der Waals surface area contributed by atoms with Crippen molar-refractivity contribution in [2.24, 2.45) is 0 Å². The number of ether oxygens (including phenoxy) is 1. The van der Waals surface area contributed by atoms with Crippen LogP contribution in [0.4, 0.5) is 0 Å². The highest BCUT2D eigenvalue weighted by atomic mass is 16.5. The van der Waals surface area contributed by atoms with Crippen LogP contribution >= 0.6 is 0 Å². The van der Waals surface area contributed by atoms with E-state index in [0.717, 1.165) is 30.0 Å². The van der Waals surface area contributed by atoms with Crippen molar-refractivity contribution in [2.45, 2.75) is 38.6 Å². The quantitative estimate of drug-likeness (QED) is 0.712. The van der Waals surface area contributed by atoms with Crippen molar-refractivity contribution in [1.82, 2.24) is 20.2 Å². The van der Waals surface area contributed by atoms with Crippen LogP contribution in [-0.2, 0) is 17.8 Å². The predicted molar refractivity (Wildman–Crippen MR) is 79.7 cm³/mol. The number of hydrogen-bond acceptors (Lipinski definition) is 5. The van der Waals surface area contributed by atoms with Crippen molar-refractivity contribution in [2.75, 3.05) is 7.11 Å². The number of unbranched alkanes of at least 4 members (excludes halogenated alkanes) is 2. The highest BCUT2D eigenvalue weighted by Crippen LogP contribution is 2.14. The van der Waals surface area contributed by atoms with E-state index in [0.29, 0.717) is 19.4 Å². The van der Waals surface area contributed by atoms with Crippen molar-refractivity contribution < 1.29 is 14.6 Å². The molecule has 0 unspecified atom stereocenters. The molecule has 7 heteroatoms. The Morgan fingerprint density at radius 1 is 1.23 bits per heavy atom. The van der Waals surface area contributed by atoms with Crippen molar-refractivity contribution in [3.8, 4) is 5.75 Å². The average molecular weight is 304 g/mol. The summed E-state index contributed by atoms with van der Waals surface area (Å²) in [6.45, 7) is 0.706. The summed E-state index contributed by atoms with van der Waals surface area (Å²) in [7, 11) is 1.64. The van der Waals surface area contributed by atoms with Crippen LogP contribution in [0.3, 0.4) is 0 Å². The van der Waals surface area contributed by atoms with Gasteiger partial charge in [-0.25, -0.2) is 4.68 Å². The van der Waals surface area contributed by atoms with E-state index in [1.165, 1.54) is 0 Å². The van der Waals surface area contributed by atoms with Crippen LogP contribution in [0.5, 0.6) is 5.75 Å². The number of aromatic nitrogens is 4. The molecule has 0 spiro atoms. The fourth-order valence-corrected chi connectivity index (χ4v) is 2.16. The summed E-state index contributed by atoms with van der Waals surface area (Å²) in [5, 5.41) is 20.4. The lowest BCUT2D eigenvalue weighted by Crippen LogP contribution is -2.07. The minimum absolute atomic E-state index is 0.217. The van der Waals surface area contributed by atoms with E-state index in [9.17, 15) is 4.79 Å². The lowest BCUT2D eigenvalue weighted by atomic mass is 10.1. The van der Waals surface area contributed by atoms with E-state index in [4.69, 9.17) is 9.84 Å². The first-order valence-electron chi connectivity index (χ1n) is 7.29. The molecule has 22 heavy (non-hydrogen) atoms. The second kappa shape index (κ2) is 8.11. The van der Waals surface area contributed by atoms with Crippen molar-refractivity contribution in [3.05, 3.63) is 35.7 Å². The van der Waals surface area contributed by atoms with E-state index in [2.05, 4.69) is 15.5 Å². The molecule has 1 heterocycles. The molecule has 0 saturated carbocycles. The van der Waals surface area contributed by atoms with Gasteiger partial charge in [0.1, 0.15) is 5.75 Å². The fraction of sp³-hybridized carbons (Fsp3) is 0.467. The molecule has 1 N–H and O–H groups in total. The van der Waals surface area contributed by atoms with Gasteiger partial charge in [0.15, 0.2) is 5.82 Å². The zero-order chi connectivity index (χ0) is 15.8. The van der Waals surface area contributed by atoms with E-state index in [1.807, 2.05) is 24.3 Å². The lowest BCUT2D eigenvalue weighted by Gasteiger charge is -2.05. The van der Waals surface area contributed by atoms with E-state index < -0.39 is 5.97 Å². The Morgan fingerprint density at radius 3 is 2.68 bits per heavy atom. The van der Waals surface area contributed by atoms with Gasteiger partial charge >= 0.3 is 5.97 Å². The Balaban J connectivity index is 1.84. The number of aliphatic carboxylic acids is 1. The molecular weight excluding hydrogens is 284 g/mol. The highest BCUT2D eigenvalue weighted by molar-refractivity contribution is 5.66. The van der Waals surface area contributed by atoms with Gasteiger partial charge in [-0.15, -0.1) is 5.10 Å². The topological polar surface area (TPSA) is 90.1 Å². The zero-order valence-corrected chi connectivity index (χ0v) is 12.6. The number of carbonyl (C=O) groups is 1. The second-order valence-corrected chi connectivity index (χ2v) is 5.05. The number of hydrogen-bond donors (Lipinski definition) is 1. The summed E-state index contributed by atoms with van der Waals surface area (Å²) in [5.41, 5.74) is 1.11. The van der Waals surface area contributed by atoms with Gasteiger partial charge in [0.2, 0.25) is 0 Å². The molecule has 0 aliphatic heterocycles. The molecule has 7 nitrogen and oxygen atoms in total. The third-order valence-corrected chi connectivity index (χ3v) is 3.39. The maximum absolute atomic E-state index is 10.4. The van der Waals surface area contributed by atoms with Gasteiger partial charge in [-0.1, -0.05) is 18.6 Å². The molecule has 0 aliphatic carbocycles. The van der Waals surface area contributed by atoms with Gasteiger partial charge < -0.3 is 9.84 Å². The fourth-order valence-electron chi connectivity index (χ4n) is 2.16. The largest absolute Gasteiger partial charge is 0.497 e. The molecule has 2 rings (SSSR count). The number of nitrogens with zero attached hydrogens (tertiary/aromatic N) is 4. The van der Waals surface area contributed by atoms with E-state index in [-0.39, 0.29) is 6.42 Å². The van der Waals surface area contributed by atoms with Crippen molar-refractivity contribution in [3.63, 3.8) is 0 Å². The first-order chi connectivity index (χ1) is 10.7.